The zero-order valence-corrected chi connectivity index (χ0v) is 9.38. The summed E-state index contributed by atoms with van der Waals surface area (Å²) in [5, 5.41) is 2.80. The molecule has 15 heavy (non-hydrogen) atoms. The average Bonchev–Trinajstić information content (AvgIpc) is 2.65. The second-order valence-electron chi connectivity index (χ2n) is 3.46. The number of rotatable bonds is 3. The molecule has 0 aromatic carbocycles. The van der Waals surface area contributed by atoms with Crippen LogP contribution in [0.3, 0.4) is 0 Å². The van der Waals surface area contributed by atoms with E-state index in [-0.39, 0.29) is 5.78 Å². The summed E-state index contributed by atoms with van der Waals surface area (Å²) in [6, 6.07) is 0. The van der Waals surface area contributed by atoms with E-state index in [9.17, 15) is 4.79 Å². The summed E-state index contributed by atoms with van der Waals surface area (Å²) < 4.78 is 10.5. The molecule has 0 saturated carbocycles. The fraction of sp³-hybridized carbons (Fsp3) is 0.600. The molecule has 0 N–H and O–H groups in total. The minimum Gasteiger partial charge on any atom is -0.376 e. The summed E-state index contributed by atoms with van der Waals surface area (Å²) in [6.07, 6.45) is -0.0463. The van der Waals surface area contributed by atoms with Gasteiger partial charge in [0.05, 0.1) is 26.2 Å². The number of aryl methyl sites for hydroxylation is 1. The fourth-order valence-electron chi connectivity index (χ4n) is 1.42. The van der Waals surface area contributed by atoms with Crippen LogP contribution in [0.15, 0.2) is 5.38 Å². The number of hydrogen-bond acceptors (Lipinski definition) is 5. The highest BCUT2D eigenvalue weighted by atomic mass is 32.1. The van der Waals surface area contributed by atoms with Crippen LogP contribution in [0, 0.1) is 6.92 Å². The van der Waals surface area contributed by atoms with E-state index < -0.39 is 6.10 Å². The van der Waals surface area contributed by atoms with Crippen molar-refractivity contribution in [3.63, 3.8) is 0 Å². The molecular formula is C10H13NO3S. The standard InChI is InChI=1S/C10H13NO3S/c1-7-6-15-10(11-7)4-8(12)9-5-13-2-3-14-9/h6,9H,2-5H2,1H3. The maximum atomic E-state index is 11.7. The Morgan fingerprint density at radius 1 is 1.67 bits per heavy atom. The maximum Gasteiger partial charge on any atom is 0.170 e. The normalized spacial score (nSPS) is 21.5. The number of carbonyl (C=O) groups is 1. The van der Waals surface area contributed by atoms with Gasteiger partial charge in [0.25, 0.3) is 0 Å². The van der Waals surface area contributed by atoms with E-state index in [1.165, 1.54) is 11.3 Å². The Labute approximate surface area is 92.2 Å². The van der Waals surface area contributed by atoms with E-state index in [4.69, 9.17) is 9.47 Å². The van der Waals surface area contributed by atoms with Crippen molar-refractivity contribution in [3.8, 4) is 0 Å². The number of aromatic nitrogens is 1. The molecule has 2 heterocycles. The van der Waals surface area contributed by atoms with Crippen molar-refractivity contribution >= 4 is 17.1 Å². The highest BCUT2D eigenvalue weighted by Crippen LogP contribution is 2.12. The molecule has 1 aliphatic heterocycles. The second-order valence-corrected chi connectivity index (χ2v) is 4.40. The van der Waals surface area contributed by atoms with Crippen molar-refractivity contribution in [2.75, 3.05) is 19.8 Å². The van der Waals surface area contributed by atoms with Crippen molar-refractivity contribution in [1.29, 1.82) is 0 Å². The highest BCUT2D eigenvalue weighted by Gasteiger charge is 2.23. The summed E-state index contributed by atoms with van der Waals surface area (Å²) >= 11 is 1.51. The zero-order valence-electron chi connectivity index (χ0n) is 8.56. The van der Waals surface area contributed by atoms with Gasteiger partial charge >= 0.3 is 0 Å². The first-order valence-corrected chi connectivity index (χ1v) is 5.77. The smallest absolute Gasteiger partial charge is 0.170 e. The van der Waals surface area contributed by atoms with E-state index >= 15 is 0 Å². The van der Waals surface area contributed by atoms with E-state index in [1.54, 1.807) is 0 Å². The van der Waals surface area contributed by atoms with Crippen LogP contribution in [0.1, 0.15) is 10.7 Å². The SMILES string of the molecule is Cc1csc(CC(=O)C2COCCO2)n1. The maximum absolute atomic E-state index is 11.7. The van der Waals surface area contributed by atoms with Crippen molar-refractivity contribution in [2.24, 2.45) is 0 Å². The lowest BCUT2D eigenvalue weighted by Gasteiger charge is -2.21. The molecule has 4 nitrogen and oxygen atoms in total. The number of nitrogens with zero attached hydrogens (tertiary/aromatic N) is 1. The number of ether oxygens (including phenoxy) is 2. The summed E-state index contributed by atoms with van der Waals surface area (Å²) in [6.45, 7) is 3.39. The van der Waals surface area contributed by atoms with Gasteiger partial charge in [-0.15, -0.1) is 11.3 Å². The molecule has 1 unspecified atom stereocenters. The molecule has 1 aromatic rings. The summed E-state index contributed by atoms with van der Waals surface area (Å²) in [5.74, 6) is 0.0593. The van der Waals surface area contributed by atoms with E-state index in [2.05, 4.69) is 4.98 Å². The first-order chi connectivity index (χ1) is 7.25. The molecule has 5 heteroatoms. The van der Waals surface area contributed by atoms with Crippen LogP contribution in [0.4, 0.5) is 0 Å². The van der Waals surface area contributed by atoms with Gasteiger partial charge in [-0.05, 0) is 6.92 Å². The monoisotopic (exact) mass is 227 g/mol. The van der Waals surface area contributed by atoms with E-state index in [1.807, 2.05) is 12.3 Å². The topological polar surface area (TPSA) is 48.4 Å². The first-order valence-electron chi connectivity index (χ1n) is 4.89. The molecule has 1 atom stereocenters. The lowest BCUT2D eigenvalue weighted by molar-refractivity contribution is -0.144. The Balaban J connectivity index is 1.91. The minimum atomic E-state index is -0.400. The number of ketones is 1. The molecule has 1 aromatic heterocycles. The highest BCUT2D eigenvalue weighted by molar-refractivity contribution is 7.09. The fourth-order valence-corrected chi connectivity index (χ4v) is 2.20. The number of Topliss-reactive ketones (excluding diaryl/α,β-unsaturated/α-hetero) is 1. The number of carbonyl (C=O) groups excluding carboxylic acids is 1. The Bertz CT molecular complexity index is 344. The van der Waals surface area contributed by atoms with Crippen molar-refractivity contribution in [3.05, 3.63) is 16.1 Å². The predicted molar refractivity (Wildman–Crippen MR) is 56.1 cm³/mol. The minimum absolute atomic E-state index is 0.0593. The van der Waals surface area contributed by atoms with Crippen LogP contribution in [-0.4, -0.2) is 36.7 Å². The Hall–Kier alpha value is -0.780. The van der Waals surface area contributed by atoms with Crippen molar-refractivity contribution in [2.45, 2.75) is 19.4 Å². The first kappa shape index (κ1) is 10.7. The Kier molecular flexibility index (Phi) is 3.45. The van der Waals surface area contributed by atoms with Gasteiger partial charge < -0.3 is 9.47 Å². The van der Waals surface area contributed by atoms with E-state index in [0.29, 0.717) is 26.2 Å². The van der Waals surface area contributed by atoms with Gasteiger partial charge in [-0.1, -0.05) is 0 Å². The molecule has 0 spiro atoms. The molecule has 0 aliphatic carbocycles. The van der Waals surface area contributed by atoms with Crippen LogP contribution in [0.25, 0.3) is 0 Å². The van der Waals surface area contributed by atoms with Gasteiger partial charge in [0, 0.05) is 11.1 Å². The van der Waals surface area contributed by atoms with E-state index in [0.717, 1.165) is 10.7 Å². The molecular weight excluding hydrogens is 214 g/mol. The molecule has 0 amide bonds. The second kappa shape index (κ2) is 4.83. The molecule has 1 aliphatic rings. The predicted octanol–water partition coefficient (Wildman–Crippen LogP) is 0.979. The van der Waals surface area contributed by atoms with Gasteiger partial charge in [-0.3, -0.25) is 4.79 Å². The van der Waals surface area contributed by atoms with Crippen LogP contribution < -0.4 is 0 Å². The van der Waals surface area contributed by atoms with Gasteiger partial charge in [-0.25, -0.2) is 4.98 Å². The van der Waals surface area contributed by atoms with Crippen LogP contribution in [0.2, 0.25) is 0 Å². The average molecular weight is 227 g/mol. The number of thiazole rings is 1. The Morgan fingerprint density at radius 2 is 2.53 bits per heavy atom. The third-order valence-electron chi connectivity index (χ3n) is 2.17. The van der Waals surface area contributed by atoms with Crippen LogP contribution in [0.5, 0.6) is 0 Å². The summed E-state index contributed by atoms with van der Waals surface area (Å²) in [7, 11) is 0. The molecule has 82 valence electrons. The lowest BCUT2D eigenvalue weighted by atomic mass is 10.2. The molecule has 0 bridgehead atoms. The molecule has 1 saturated heterocycles. The third-order valence-corrected chi connectivity index (χ3v) is 3.13. The van der Waals surface area contributed by atoms with Crippen LogP contribution >= 0.6 is 11.3 Å². The number of hydrogen-bond donors (Lipinski definition) is 0. The molecule has 1 fully saturated rings. The zero-order chi connectivity index (χ0) is 10.7. The molecule has 0 radical (unpaired) electrons. The largest absolute Gasteiger partial charge is 0.376 e. The lowest BCUT2D eigenvalue weighted by Crippen LogP contribution is -2.36. The van der Waals surface area contributed by atoms with Crippen molar-refractivity contribution in [1.82, 2.24) is 4.98 Å². The third kappa shape index (κ3) is 2.84. The summed E-state index contributed by atoms with van der Waals surface area (Å²) in [4.78, 5) is 16.0. The van der Waals surface area contributed by atoms with Gasteiger partial charge in [0.2, 0.25) is 0 Å². The van der Waals surface area contributed by atoms with Gasteiger partial charge in [0.1, 0.15) is 11.1 Å². The Morgan fingerprint density at radius 3 is 3.13 bits per heavy atom. The molecule has 2 rings (SSSR count). The van der Waals surface area contributed by atoms with Crippen molar-refractivity contribution < 1.29 is 14.3 Å². The summed E-state index contributed by atoms with van der Waals surface area (Å²) in [5.41, 5.74) is 0.962. The van der Waals surface area contributed by atoms with Gasteiger partial charge in [0.15, 0.2) is 5.78 Å². The quantitative estimate of drug-likeness (QED) is 0.772. The van der Waals surface area contributed by atoms with Crippen LogP contribution in [-0.2, 0) is 20.7 Å². The van der Waals surface area contributed by atoms with Gasteiger partial charge in [-0.2, -0.15) is 0 Å².